The van der Waals surface area contributed by atoms with Crippen molar-refractivity contribution in [2.75, 3.05) is 19.8 Å². The highest BCUT2D eigenvalue weighted by atomic mass is 127. The van der Waals surface area contributed by atoms with E-state index in [2.05, 4.69) is 22.6 Å². The van der Waals surface area contributed by atoms with Crippen molar-refractivity contribution in [1.29, 1.82) is 0 Å². The van der Waals surface area contributed by atoms with Crippen LogP contribution in [0.3, 0.4) is 0 Å². The molecule has 0 fully saturated rings. The topological polar surface area (TPSA) is 61.8 Å². The quantitative estimate of drug-likeness (QED) is 0.429. The summed E-state index contributed by atoms with van der Waals surface area (Å²) in [5, 5.41) is 0. The number of carbonyl (C=O) groups is 2. The molecule has 0 spiro atoms. The fourth-order valence-electron chi connectivity index (χ4n) is 2.13. The van der Waals surface area contributed by atoms with Gasteiger partial charge in [0.15, 0.2) is 23.9 Å². The second-order valence-corrected chi connectivity index (χ2v) is 6.11. The number of ketones is 1. The molecule has 23 heavy (non-hydrogen) atoms. The molecule has 0 amide bonds. The molecule has 1 aliphatic heterocycles. The Kier molecular flexibility index (Phi) is 4.80. The lowest BCUT2D eigenvalue weighted by atomic mass is 10.1. The monoisotopic (exact) mass is 424 g/mol. The Bertz CT molecular complexity index is 756. The van der Waals surface area contributed by atoms with Crippen molar-refractivity contribution in [3.8, 4) is 11.5 Å². The smallest absolute Gasteiger partial charge is 0.338 e. The van der Waals surface area contributed by atoms with Gasteiger partial charge in [0.2, 0.25) is 0 Å². The van der Waals surface area contributed by atoms with Gasteiger partial charge in [-0.05, 0) is 59.0 Å². The molecule has 0 saturated carbocycles. The van der Waals surface area contributed by atoms with Gasteiger partial charge in [-0.2, -0.15) is 0 Å². The predicted octanol–water partition coefficient (Wildman–Crippen LogP) is 3.10. The van der Waals surface area contributed by atoms with E-state index >= 15 is 0 Å². The third-order valence-corrected chi connectivity index (χ3v) is 3.93. The summed E-state index contributed by atoms with van der Waals surface area (Å²) in [5.74, 6) is 0.338. The number of fused-ring (bicyclic) bond motifs is 1. The Morgan fingerprint density at radius 3 is 2.57 bits per heavy atom. The molecule has 118 valence electrons. The first-order valence-electron chi connectivity index (χ1n) is 6.99. The maximum atomic E-state index is 12.2. The van der Waals surface area contributed by atoms with Crippen LogP contribution in [0.5, 0.6) is 11.5 Å². The lowest BCUT2D eigenvalue weighted by Crippen LogP contribution is -2.17. The van der Waals surface area contributed by atoms with Crippen LogP contribution in [-0.4, -0.2) is 31.6 Å². The Morgan fingerprint density at radius 1 is 1.00 bits per heavy atom. The third kappa shape index (κ3) is 3.82. The molecule has 5 nitrogen and oxygen atoms in total. The van der Waals surface area contributed by atoms with E-state index < -0.39 is 5.97 Å². The van der Waals surface area contributed by atoms with Crippen molar-refractivity contribution in [2.24, 2.45) is 0 Å². The fraction of sp³-hybridized carbons (Fsp3) is 0.176. The molecular weight excluding hydrogens is 411 g/mol. The zero-order chi connectivity index (χ0) is 16.2. The van der Waals surface area contributed by atoms with Gasteiger partial charge in [-0.3, -0.25) is 4.79 Å². The summed E-state index contributed by atoms with van der Waals surface area (Å²) in [6, 6.07) is 11.9. The van der Waals surface area contributed by atoms with Crippen molar-refractivity contribution in [3.63, 3.8) is 0 Å². The van der Waals surface area contributed by atoms with Crippen molar-refractivity contribution < 1.29 is 23.8 Å². The van der Waals surface area contributed by atoms with Gasteiger partial charge in [-0.25, -0.2) is 4.79 Å². The molecule has 0 radical (unpaired) electrons. The fourth-order valence-corrected chi connectivity index (χ4v) is 2.67. The normalized spacial score (nSPS) is 12.6. The molecule has 2 aromatic rings. The van der Waals surface area contributed by atoms with Gasteiger partial charge in [0.1, 0.15) is 13.2 Å². The molecule has 1 aliphatic rings. The summed E-state index contributed by atoms with van der Waals surface area (Å²) in [6.45, 7) is 0.629. The molecule has 6 heteroatoms. The number of carbonyl (C=O) groups excluding carboxylic acids is 2. The SMILES string of the molecule is O=C(COC(=O)c1cccc(I)c1)c1ccc2c(c1)OCCO2. The molecule has 2 aromatic carbocycles. The first kappa shape index (κ1) is 15.8. The van der Waals surface area contributed by atoms with Crippen LogP contribution >= 0.6 is 22.6 Å². The highest BCUT2D eigenvalue weighted by Crippen LogP contribution is 2.30. The van der Waals surface area contributed by atoms with Gasteiger partial charge < -0.3 is 14.2 Å². The van der Waals surface area contributed by atoms with Crippen LogP contribution in [0.2, 0.25) is 0 Å². The van der Waals surface area contributed by atoms with Gasteiger partial charge in [0, 0.05) is 9.13 Å². The summed E-state index contributed by atoms with van der Waals surface area (Å²) < 4.78 is 16.8. The minimum atomic E-state index is -0.519. The number of hydrogen-bond acceptors (Lipinski definition) is 5. The number of Topliss-reactive ketones (excluding diaryl/α,β-unsaturated/α-hetero) is 1. The molecule has 0 saturated heterocycles. The van der Waals surface area contributed by atoms with Crippen LogP contribution in [0.25, 0.3) is 0 Å². The number of esters is 1. The first-order chi connectivity index (χ1) is 11.1. The average molecular weight is 424 g/mol. The van der Waals surface area contributed by atoms with Crippen LogP contribution in [0, 0.1) is 3.57 Å². The number of hydrogen-bond donors (Lipinski definition) is 0. The van der Waals surface area contributed by atoms with E-state index in [4.69, 9.17) is 14.2 Å². The maximum absolute atomic E-state index is 12.2. The van der Waals surface area contributed by atoms with E-state index in [9.17, 15) is 9.59 Å². The second kappa shape index (κ2) is 6.99. The lowest BCUT2D eigenvalue weighted by molar-refractivity contribution is 0.0474. The molecule has 0 bridgehead atoms. The Balaban J connectivity index is 1.64. The largest absolute Gasteiger partial charge is 0.486 e. The van der Waals surface area contributed by atoms with Crippen molar-refractivity contribution in [1.82, 2.24) is 0 Å². The molecule has 0 N–H and O–H groups in total. The van der Waals surface area contributed by atoms with E-state index in [-0.39, 0.29) is 12.4 Å². The highest BCUT2D eigenvalue weighted by molar-refractivity contribution is 14.1. The summed E-state index contributed by atoms with van der Waals surface area (Å²) >= 11 is 2.11. The van der Waals surface area contributed by atoms with Gasteiger partial charge in [-0.15, -0.1) is 0 Å². The van der Waals surface area contributed by atoms with Crippen LogP contribution in [0.1, 0.15) is 20.7 Å². The molecular formula is C17H13IO5. The van der Waals surface area contributed by atoms with E-state index in [0.717, 1.165) is 3.57 Å². The van der Waals surface area contributed by atoms with Crippen molar-refractivity contribution in [2.45, 2.75) is 0 Å². The van der Waals surface area contributed by atoms with Crippen molar-refractivity contribution >= 4 is 34.3 Å². The predicted molar refractivity (Wildman–Crippen MR) is 91.2 cm³/mol. The molecule has 0 atom stereocenters. The zero-order valence-electron chi connectivity index (χ0n) is 12.1. The van der Waals surface area contributed by atoms with E-state index in [1.54, 1.807) is 36.4 Å². The number of halogens is 1. The second-order valence-electron chi connectivity index (χ2n) is 4.87. The minimum Gasteiger partial charge on any atom is -0.486 e. The van der Waals surface area contributed by atoms with Gasteiger partial charge in [-0.1, -0.05) is 6.07 Å². The third-order valence-electron chi connectivity index (χ3n) is 3.26. The van der Waals surface area contributed by atoms with Gasteiger partial charge >= 0.3 is 5.97 Å². The number of benzene rings is 2. The average Bonchev–Trinajstić information content (AvgIpc) is 2.59. The summed E-state index contributed by atoms with van der Waals surface area (Å²) in [7, 11) is 0. The Morgan fingerprint density at radius 2 is 1.78 bits per heavy atom. The van der Waals surface area contributed by atoms with E-state index in [0.29, 0.717) is 35.8 Å². The molecule has 0 aromatic heterocycles. The number of ether oxygens (including phenoxy) is 3. The maximum Gasteiger partial charge on any atom is 0.338 e. The minimum absolute atomic E-state index is 0.291. The number of rotatable bonds is 4. The first-order valence-corrected chi connectivity index (χ1v) is 8.07. The van der Waals surface area contributed by atoms with Gasteiger partial charge in [0.05, 0.1) is 5.56 Å². The van der Waals surface area contributed by atoms with E-state index in [1.165, 1.54) is 0 Å². The van der Waals surface area contributed by atoms with Gasteiger partial charge in [0.25, 0.3) is 0 Å². The van der Waals surface area contributed by atoms with E-state index in [1.807, 2.05) is 6.07 Å². The summed E-state index contributed by atoms with van der Waals surface area (Å²) in [4.78, 5) is 24.1. The summed E-state index contributed by atoms with van der Waals surface area (Å²) in [5.41, 5.74) is 0.844. The van der Waals surface area contributed by atoms with Crippen LogP contribution in [0.15, 0.2) is 42.5 Å². The van der Waals surface area contributed by atoms with Crippen LogP contribution in [-0.2, 0) is 4.74 Å². The molecule has 0 unspecified atom stereocenters. The highest BCUT2D eigenvalue weighted by Gasteiger charge is 2.16. The van der Waals surface area contributed by atoms with Crippen molar-refractivity contribution in [3.05, 3.63) is 57.2 Å². The zero-order valence-corrected chi connectivity index (χ0v) is 14.2. The Labute approximate surface area is 146 Å². The molecule has 3 rings (SSSR count). The summed E-state index contributed by atoms with van der Waals surface area (Å²) in [6.07, 6.45) is 0. The molecule has 0 aliphatic carbocycles. The lowest BCUT2D eigenvalue weighted by Gasteiger charge is -2.18. The van der Waals surface area contributed by atoms with Crippen LogP contribution in [0.4, 0.5) is 0 Å². The molecule has 1 heterocycles. The van der Waals surface area contributed by atoms with Crippen LogP contribution < -0.4 is 9.47 Å². The standard InChI is InChI=1S/C17H13IO5/c18-13-3-1-2-12(8-13)17(20)23-10-14(19)11-4-5-15-16(9-11)22-7-6-21-15/h1-5,8-9H,6-7,10H2. The Hall–Kier alpha value is -2.09.